The number of carbonyl (C=O) groups excluding carboxylic acids is 5. The van der Waals surface area contributed by atoms with Crippen molar-refractivity contribution in [2.45, 2.75) is 117 Å². The highest BCUT2D eigenvalue weighted by atomic mass is 16.5. The van der Waals surface area contributed by atoms with Crippen LogP contribution >= 0.6 is 0 Å². The second-order valence-electron chi connectivity index (χ2n) is 18.9. The van der Waals surface area contributed by atoms with Crippen LogP contribution in [0.1, 0.15) is 121 Å². The highest BCUT2D eigenvalue weighted by Crippen LogP contribution is 2.55. The van der Waals surface area contributed by atoms with Gasteiger partial charge in [-0.3, -0.25) is 34.2 Å². The van der Waals surface area contributed by atoms with Gasteiger partial charge in [-0.05, 0) is 87.0 Å². The smallest absolute Gasteiger partial charge is 0.271 e. The maximum absolute atomic E-state index is 13.5. The van der Waals surface area contributed by atoms with Crippen LogP contribution in [0.3, 0.4) is 0 Å². The molecule has 2 N–H and O–H groups in total. The zero-order valence-electron chi connectivity index (χ0n) is 36.6. The molecular formula is C47H56N8O7. The molecule has 0 radical (unpaired) electrons. The van der Waals surface area contributed by atoms with Crippen molar-refractivity contribution in [3.05, 3.63) is 76.2 Å². The number of carbonyl (C=O) groups is 5. The summed E-state index contributed by atoms with van der Waals surface area (Å²) in [5.41, 5.74) is 2.42. The van der Waals surface area contributed by atoms with E-state index in [0.29, 0.717) is 23.3 Å². The molecule has 2 aliphatic carbocycles. The van der Waals surface area contributed by atoms with Crippen LogP contribution in [0.25, 0.3) is 0 Å². The van der Waals surface area contributed by atoms with Crippen molar-refractivity contribution >= 4 is 35.4 Å². The first-order chi connectivity index (χ1) is 29.5. The standard InChI is InChI=1S/C47H56N8O7/c1-8-53(29-19-32(20-29)61-30-9-10-33-34(21-30)43(60)55(42(33)59)37-11-12-39(56)51-41(37)58)25-28-13-15-54(16-14-28)38-24-49-36(23-50-38)40(57)52-44-46(4,5)45(47(44,6)7)62-31-17-26(2)35(22-48)27(3)18-31/h9-10,17-18,21,23-24,28-29,32,37,44-45H,8,11-16,19-20,25H2,1-7H3,(H,52,57)(H,51,56,58). The summed E-state index contributed by atoms with van der Waals surface area (Å²) in [5.74, 6) is 0.153. The van der Waals surface area contributed by atoms with Crippen LogP contribution in [0, 0.1) is 41.9 Å². The number of fused-ring (bicyclic) bond motifs is 1. The first kappa shape index (κ1) is 42.8. The van der Waals surface area contributed by atoms with E-state index in [2.05, 4.69) is 71.1 Å². The lowest BCUT2D eigenvalue weighted by Crippen LogP contribution is -2.74. The predicted molar refractivity (Wildman–Crippen MR) is 229 cm³/mol. The van der Waals surface area contributed by atoms with Crippen LogP contribution in [0.15, 0.2) is 42.7 Å². The molecule has 8 rings (SSSR count). The number of anilines is 1. The summed E-state index contributed by atoms with van der Waals surface area (Å²) in [6.45, 7) is 18.0. The second kappa shape index (κ2) is 16.4. The SMILES string of the molecule is CCN(CC1CCN(c2cnc(C(=O)NC3C(C)(C)C(Oc4cc(C)c(C#N)c(C)c4)C3(C)C)cn2)CC1)C1CC(Oc2ccc3c(c2)C(=O)N(C2CCC(=O)NC2=O)C3=O)C1. The lowest BCUT2D eigenvalue weighted by Gasteiger charge is -2.63. The number of hydrogen-bond acceptors (Lipinski definition) is 12. The van der Waals surface area contributed by atoms with E-state index < -0.39 is 29.7 Å². The molecule has 15 nitrogen and oxygen atoms in total. The van der Waals surface area contributed by atoms with E-state index in [0.717, 1.165) is 79.5 Å². The van der Waals surface area contributed by atoms with Crippen LogP contribution in [-0.2, 0) is 9.59 Å². The Labute approximate surface area is 362 Å². The van der Waals surface area contributed by atoms with Gasteiger partial charge in [0.1, 0.15) is 41.3 Å². The molecule has 15 heteroatoms. The van der Waals surface area contributed by atoms with Crippen LogP contribution < -0.4 is 25.0 Å². The Balaban J connectivity index is 0.785. The largest absolute Gasteiger partial charge is 0.490 e. The first-order valence-electron chi connectivity index (χ1n) is 21.8. The third-order valence-corrected chi connectivity index (χ3v) is 14.0. The maximum Gasteiger partial charge on any atom is 0.271 e. The van der Waals surface area contributed by atoms with Crippen molar-refractivity contribution in [2.75, 3.05) is 31.1 Å². The van der Waals surface area contributed by atoms with Crippen LogP contribution in [-0.4, -0.2) is 106 Å². The van der Waals surface area contributed by atoms with E-state index >= 15 is 0 Å². The van der Waals surface area contributed by atoms with E-state index in [1.807, 2.05) is 26.0 Å². The number of rotatable bonds is 12. The summed E-state index contributed by atoms with van der Waals surface area (Å²) in [7, 11) is 0. The van der Waals surface area contributed by atoms with Gasteiger partial charge in [0.2, 0.25) is 11.8 Å². The zero-order valence-corrected chi connectivity index (χ0v) is 36.6. The van der Waals surface area contributed by atoms with Crippen molar-refractivity contribution < 1.29 is 33.4 Å². The van der Waals surface area contributed by atoms with Gasteiger partial charge in [-0.25, -0.2) is 9.97 Å². The normalized spacial score (nSPS) is 25.4. The Morgan fingerprint density at radius 1 is 0.919 bits per heavy atom. The fourth-order valence-electron chi connectivity index (χ4n) is 10.8. The Hall–Kier alpha value is -5.88. The van der Waals surface area contributed by atoms with Crippen molar-refractivity contribution in [1.82, 2.24) is 30.4 Å². The molecule has 4 heterocycles. The molecule has 2 aromatic carbocycles. The lowest BCUT2D eigenvalue weighted by atomic mass is 9.49. The molecule has 3 aliphatic heterocycles. The maximum atomic E-state index is 13.5. The molecule has 326 valence electrons. The number of nitrogens with zero attached hydrogens (tertiary/aromatic N) is 6. The second-order valence-corrected chi connectivity index (χ2v) is 18.9. The molecule has 1 unspecified atom stereocenters. The van der Waals surface area contributed by atoms with E-state index in [1.165, 1.54) is 0 Å². The van der Waals surface area contributed by atoms with Crippen molar-refractivity contribution in [3.8, 4) is 17.6 Å². The van der Waals surface area contributed by atoms with Gasteiger partial charge in [0, 0.05) is 61.8 Å². The molecule has 2 saturated heterocycles. The Bertz CT molecular complexity index is 2300. The highest BCUT2D eigenvalue weighted by molar-refractivity contribution is 6.23. The molecule has 5 aliphatic rings. The van der Waals surface area contributed by atoms with Gasteiger partial charge < -0.3 is 24.6 Å². The Kier molecular flexibility index (Phi) is 11.3. The number of amides is 5. The molecule has 0 bridgehead atoms. The molecule has 3 aromatic rings. The number of hydrogen-bond donors (Lipinski definition) is 2. The molecular weight excluding hydrogens is 789 g/mol. The third kappa shape index (κ3) is 7.78. The lowest BCUT2D eigenvalue weighted by molar-refractivity contribution is -0.164. The minimum absolute atomic E-state index is 0.0116. The molecule has 4 fully saturated rings. The van der Waals surface area contributed by atoms with Crippen molar-refractivity contribution in [2.24, 2.45) is 16.7 Å². The monoisotopic (exact) mass is 844 g/mol. The number of aromatic nitrogens is 2. The van der Waals surface area contributed by atoms with Crippen LogP contribution in [0.4, 0.5) is 5.82 Å². The first-order valence-corrected chi connectivity index (χ1v) is 21.8. The van der Waals surface area contributed by atoms with E-state index in [-0.39, 0.29) is 64.6 Å². The van der Waals surface area contributed by atoms with E-state index in [4.69, 9.17) is 9.47 Å². The fraction of sp³-hybridized carbons (Fsp3) is 0.532. The van der Waals surface area contributed by atoms with Crippen molar-refractivity contribution in [3.63, 3.8) is 0 Å². The molecule has 0 spiro atoms. The Morgan fingerprint density at radius 3 is 2.21 bits per heavy atom. The summed E-state index contributed by atoms with van der Waals surface area (Å²) in [6, 6.07) is 10.2. The average Bonchev–Trinajstić information content (AvgIpc) is 3.47. The number of piperidine rings is 2. The number of imide groups is 2. The average molecular weight is 845 g/mol. The molecule has 1 atom stereocenters. The van der Waals surface area contributed by atoms with E-state index in [1.54, 1.807) is 30.6 Å². The van der Waals surface area contributed by atoms with Gasteiger partial charge in [-0.15, -0.1) is 0 Å². The highest BCUT2D eigenvalue weighted by Gasteiger charge is 2.64. The number of nitriles is 1. The van der Waals surface area contributed by atoms with Gasteiger partial charge in [-0.2, -0.15) is 5.26 Å². The van der Waals surface area contributed by atoms with Crippen LogP contribution in [0.5, 0.6) is 11.5 Å². The van der Waals surface area contributed by atoms with Gasteiger partial charge >= 0.3 is 0 Å². The van der Waals surface area contributed by atoms with E-state index in [9.17, 15) is 29.2 Å². The summed E-state index contributed by atoms with van der Waals surface area (Å²) < 4.78 is 12.8. The number of nitrogens with one attached hydrogen (secondary N) is 2. The summed E-state index contributed by atoms with van der Waals surface area (Å²) in [5, 5.41) is 14.9. The topological polar surface area (TPSA) is 187 Å². The number of aryl methyl sites for hydroxylation is 2. The predicted octanol–water partition coefficient (Wildman–Crippen LogP) is 5.13. The van der Waals surface area contributed by atoms with Gasteiger partial charge in [-0.1, -0.05) is 34.6 Å². The van der Waals surface area contributed by atoms with Gasteiger partial charge in [0.05, 0.1) is 35.2 Å². The summed E-state index contributed by atoms with van der Waals surface area (Å²) in [4.78, 5) is 78.8. The van der Waals surface area contributed by atoms with Gasteiger partial charge in [0.15, 0.2) is 0 Å². The molecule has 1 aromatic heterocycles. The van der Waals surface area contributed by atoms with Crippen molar-refractivity contribution in [1.29, 1.82) is 5.26 Å². The number of ether oxygens (including phenoxy) is 2. The Morgan fingerprint density at radius 2 is 1.60 bits per heavy atom. The zero-order chi connectivity index (χ0) is 44.2. The summed E-state index contributed by atoms with van der Waals surface area (Å²) in [6.07, 6.45) is 7.02. The molecule has 2 saturated carbocycles. The minimum atomic E-state index is -1.00. The number of benzene rings is 2. The van der Waals surface area contributed by atoms with Gasteiger partial charge in [0.25, 0.3) is 17.7 Å². The third-order valence-electron chi connectivity index (χ3n) is 14.0. The minimum Gasteiger partial charge on any atom is -0.490 e. The van der Waals surface area contributed by atoms with Crippen LogP contribution in [0.2, 0.25) is 0 Å². The quantitative estimate of drug-likeness (QED) is 0.230. The summed E-state index contributed by atoms with van der Waals surface area (Å²) >= 11 is 0. The molecule has 5 amide bonds. The molecule has 62 heavy (non-hydrogen) atoms. The fourth-order valence-corrected chi connectivity index (χ4v) is 10.8.